The highest BCUT2D eigenvalue weighted by Gasteiger charge is 2.34. The van der Waals surface area contributed by atoms with Gasteiger partial charge in [-0.25, -0.2) is 4.39 Å². The Morgan fingerprint density at radius 3 is 2.56 bits per heavy atom. The molecule has 1 aromatic carbocycles. The standard InChI is InChI=1S/C14H20FN/c1-11-6-5-7-12(13(11)15)14(10-16)8-3-2-4-9-14/h5-7H,2-4,8-10,16H2,1H3. The Balaban J connectivity index is 2.43. The third-order valence-electron chi connectivity index (χ3n) is 3.96. The Kier molecular flexibility index (Phi) is 3.29. The van der Waals surface area contributed by atoms with Crippen molar-refractivity contribution in [1.82, 2.24) is 0 Å². The van der Waals surface area contributed by atoms with Gasteiger partial charge in [-0.1, -0.05) is 37.5 Å². The van der Waals surface area contributed by atoms with Gasteiger partial charge in [-0.3, -0.25) is 0 Å². The molecule has 1 aromatic rings. The zero-order valence-corrected chi connectivity index (χ0v) is 9.93. The molecule has 2 N–H and O–H groups in total. The largest absolute Gasteiger partial charge is 0.330 e. The summed E-state index contributed by atoms with van der Waals surface area (Å²) in [4.78, 5) is 0. The smallest absolute Gasteiger partial charge is 0.129 e. The van der Waals surface area contributed by atoms with Crippen molar-refractivity contribution in [3.63, 3.8) is 0 Å². The van der Waals surface area contributed by atoms with Gasteiger partial charge in [0.25, 0.3) is 0 Å². The van der Waals surface area contributed by atoms with Crippen LogP contribution < -0.4 is 5.73 Å². The maximum atomic E-state index is 14.2. The second kappa shape index (κ2) is 4.54. The number of hydrogen-bond acceptors (Lipinski definition) is 1. The number of halogens is 1. The number of hydrogen-bond donors (Lipinski definition) is 1. The van der Waals surface area contributed by atoms with Crippen LogP contribution in [0.2, 0.25) is 0 Å². The van der Waals surface area contributed by atoms with Gasteiger partial charge in [-0.2, -0.15) is 0 Å². The number of nitrogens with two attached hydrogens (primary N) is 1. The van der Waals surface area contributed by atoms with E-state index < -0.39 is 0 Å². The van der Waals surface area contributed by atoms with Crippen LogP contribution in [0.25, 0.3) is 0 Å². The van der Waals surface area contributed by atoms with Gasteiger partial charge >= 0.3 is 0 Å². The first-order valence-corrected chi connectivity index (χ1v) is 6.15. The molecule has 0 atom stereocenters. The lowest BCUT2D eigenvalue weighted by Crippen LogP contribution is -2.38. The molecule has 0 unspecified atom stereocenters. The average Bonchev–Trinajstić information content (AvgIpc) is 2.33. The molecule has 0 aromatic heterocycles. The summed E-state index contributed by atoms with van der Waals surface area (Å²) in [5.41, 5.74) is 7.39. The summed E-state index contributed by atoms with van der Waals surface area (Å²) >= 11 is 0. The van der Waals surface area contributed by atoms with Crippen molar-refractivity contribution in [3.8, 4) is 0 Å². The average molecular weight is 221 g/mol. The second-order valence-electron chi connectivity index (χ2n) is 4.98. The van der Waals surface area contributed by atoms with Crippen molar-refractivity contribution in [2.75, 3.05) is 6.54 Å². The summed E-state index contributed by atoms with van der Waals surface area (Å²) in [5.74, 6) is -0.0464. The monoisotopic (exact) mass is 221 g/mol. The molecule has 1 nitrogen and oxygen atoms in total. The third-order valence-corrected chi connectivity index (χ3v) is 3.96. The predicted molar refractivity (Wildman–Crippen MR) is 65.0 cm³/mol. The second-order valence-corrected chi connectivity index (χ2v) is 4.98. The van der Waals surface area contributed by atoms with Crippen molar-refractivity contribution >= 4 is 0 Å². The molecule has 1 fully saturated rings. The molecule has 0 heterocycles. The van der Waals surface area contributed by atoms with E-state index in [2.05, 4.69) is 0 Å². The molecule has 0 spiro atoms. The zero-order chi connectivity index (χ0) is 11.6. The first kappa shape index (κ1) is 11.6. The van der Waals surface area contributed by atoms with Gasteiger partial charge in [-0.05, 0) is 30.9 Å². The van der Waals surface area contributed by atoms with Crippen molar-refractivity contribution in [3.05, 3.63) is 35.1 Å². The molecular weight excluding hydrogens is 201 g/mol. The van der Waals surface area contributed by atoms with E-state index in [1.807, 2.05) is 25.1 Å². The van der Waals surface area contributed by atoms with Crippen molar-refractivity contribution in [2.24, 2.45) is 5.73 Å². The summed E-state index contributed by atoms with van der Waals surface area (Å²) in [5, 5.41) is 0. The maximum Gasteiger partial charge on any atom is 0.129 e. The van der Waals surface area contributed by atoms with Crippen LogP contribution in [0.3, 0.4) is 0 Å². The lowest BCUT2D eigenvalue weighted by molar-refractivity contribution is 0.291. The zero-order valence-electron chi connectivity index (χ0n) is 9.93. The maximum absolute atomic E-state index is 14.2. The Hall–Kier alpha value is -0.890. The highest BCUT2D eigenvalue weighted by atomic mass is 19.1. The molecule has 16 heavy (non-hydrogen) atoms. The molecule has 2 rings (SSSR count). The van der Waals surface area contributed by atoms with Gasteiger partial charge < -0.3 is 5.73 Å². The van der Waals surface area contributed by atoms with Gasteiger partial charge in [0.05, 0.1) is 0 Å². The van der Waals surface area contributed by atoms with Crippen LogP contribution in [0.1, 0.15) is 43.2 Å². The van der Waals surface area contributed by atoms with Crippen LogP contribution in [0, 0.1) is 12.7 Å². The summed E-state index contributed by atoms with van der Waals surface area (Å²) in [6.45, 7) is 2.39. The number of rotatable bonds is 2. The van der Waals surface area contributed by atoms with E-state index in [0.29, 0.717) is 6.54 Å². The van der Waals surface area contributed by atoms with Crippen molar-refractivity contribution < 1.29 is 4.39 Å². The molecule has 1 aliphatic carbocycles. The molecule has 0 saturated heterocycles. The quantitative estimate of drug-likeness (QED) is 0.814. The molecule has 1 aliphatic rings. The van der Waals surface area contributed by atoms with Crippen LogP contribution in [0.15, 0.2) is 18.2 Å². The van der Waals surface area contributed by atoms with E-state index in [9.17, 15) is 4.39 Å². The topological polar surface area (TPSA) is 26.0 Å². The summed E-state index contributed by atoms with van der Waals surface area (Å²) in [6, 6.07) is 5.69. The minimum atomic E-state index is -0.103. The first-order chi connectivity index (χ1) is 7.69. The SMILES string of the molecule is Cc1cccc(C2(CN)CCCCC2)c1F. The van der Waals surface area contributed by atoms with E-state index in [1.165, 1.54) is 19.3 Å². The Morgan fingerprint density at radius 1 is 1.25 bits per heavy atom. The number of aryl methyl sites for hydroxylation is 1. The van der Waals surface area contributed by atoms with Crippen molar-refractivity contribution in [1.29, 1.82) is 0 Å². The minimum Gasteiger partial charge on any atom is -0.330 e. The summed E-state index contributed by atoms with van der Waals surface area (Å²) in [6.07, 6.45) is 5.66. The fourth-order valence-corrected chi connectivity index (χ4v) is 2.87. The van der Waals surface area contributed by atoms with E-state index >= 15 is 0 Å². The van der Waals surface area contributed by atoms with Gasteiger partial charge in [0, 0.05) is 12.0 Å². The Bertz CT molecular complexity index is 367. The molecule has 2 heteroatoms. The molecular formula is C14H20FN. The summed E-state index contributed by atoms with van der Waals surface area (Å²) in [7, 11) is 0. The predicted octanol–water partition coefficient (Wildman–Crippen LogP) is 3.29. The molecule has 0 bridgehead atoms. The van der Waals surface area contributed by atoms with Crippen LogP contribution in [0.4, 0.5) is 4.39 Å². The molecule has 0 amide bonds. The fourth-order valence-electron chi connectivity index (χ4n) is 2.87. The van der Waals surface area contributed by atoms with E-state index in [-0.39, 0.29) is 11.2 Å². The molecule has 0 radical (unpaired) electrons. The van der Waals surface area contributed by atoms with Gasteiger partial charge in [0.2, 0.25) is 0 Å². The highest BCUT2D eigenvalue weighted by molar-refractivity contribution is 5.32. The lowest BCUT2D eigenvalue weighted by Gasteiger charge is -2.37. The summed E-state index contributed by atoms with van der Waals surface area (Å²) < 4.78 is 14.2. The minimum absolute atomic E-state index is 0.0464. The van der Waals surface area contributed by atoms with Crippen LogP contribution in [0.5, 0.6) is 0 Å². The Labute approximate surface area is 96.9 Å². The van der Waals surface area contributed by atoms with Gasteiger partial charge in [0.1, 0.15) is 5.82 Å². The highest BCUT2D eigenvalue weighted by Crippen LogP contribution is 2.40. The van der Waals surface area contributed by atoms with Crippen LogP contribution in [-0.4, -0.2) is 6.54 Å². The van der Waals surface area contributed by atoms with E-state index in [1.54, 1.807) is 0 Å². The van der Waals surface area contributed by atoms with Crippen molar-refractivity contribution in [2.45, 2.75) is 44.4 Å². The van der Waals surface area contributed by atoms with Gasteiger partial charge in [-0.15, -0.1) is 0 Å². The molecule has 1 saturated carbocycles. The molecule has 88 valence electrons. The van der Waals surface area contributed by atoms with E-state index in [0.717, 1.165) is 24.0 Å². The molecule has 0 aliphatic heterocycles. The van der Waals surface area contributed by atoms with Gasteiger partial charge in [0.15, 0.2) is 0 Å². The third kappa shape index (κ3) is 1.86. The van der Waals surface area contributed by atoms with E-state index in [4.69, 9.17) is 5.73 Å². The normalized spacial score (nSPS) is 19.7. The van der Waals surface area contributed by atoms with Crippen LogP contribution >= 0.6 is 0 Å². The fraction of sp³-hybridized carbons (Fsp3) is 0.571. The lowest BCUT2D eigenvalue weighted by atomic mass is 9.69. The number of benzene rings is 1. The van der Waals surface area contributed by atoms with Crippen LogP contribution in [-0.2, 0) is 5.41 Å². The first-order valence-electron chi connectivity index (χ1n) is 6.15. The Morgan fingerprint density at radius 2 is 1.94 bits per heavy atom.